The van der Waals surface area contributed by atoms with Gasteiger partial charge in [0, 0.05) is 24.6 Å². The fraction of sp³-hybridized carbons (Fsp3) is 0.389. The number of aryl methyl sites for hydroxylation is 2. The predicted octanol–water partition coefficient (Wildman–Crippen LogP) is 2.19. The number of rotatable bonds is 6. The van der Waals surface area contributed by atoms with E-state index < -0.39 is 5.97 Å². The molecule has 3 aromatic heterocycles. The van der Waals surface area contributed by atoms with Gasteiger partial charge in [-0.1, -0.05) is 25.1 Å². The molecule has 0 radical (unpaired) electrons. The third kappa shape index (κ3) is 3.96. The van der Waals surface area contributed by atoms with Crippen molar-refractivity contribution in [3.8, 4) is 0 Å². The van der Waals surface area contributed by atoms with Gasteiger partial charge in [0.15, 0.2) is 5.82 Å². The monoisotopic (exact) mass is 356 g/mol. The van der Waals surface area contributed by atoms with Gasteiger partial charge >= 0.3 is 5.97 Å². The van der Waals surface area contributed by atoms with Crippen LogP contribution in [0.1, 0.15) is 49.2 Å². The van der Waals surface area contributed by atoms with Crippen LogP contribution in [0, 0.1) is 6.92 Å². The Morgan fingerprint density at radius 3 is 2.88 bits per heavy atom. The zero-order chi connectivity index (χ0) is 18.7. The summed E-state index contributed by atoms with van der Waals surface area (Å²) in [7, 11) is 0. The largest absolute Gasteiger partial charge is 0.459 e. The van der Waals surface area contributed by atoms with Gasteiger partial charge in [-0.05, 0) is 18.6 Å². The number of hydrogen-bond donors (Lipinski definition) is 0. The summed E-state index contributed by atoms with van der Waals surface area (Å²) in [5.74, 6) is 0.773. The lowest BCUT2D eigenvalue weighted by Crippen LogP contribution is -2.17. The van der Waals surface area contributed by atoms with Gasteiger partial charge in [0.05, 0.1) is 12.1 Å². The van der Waals surface area contributed by atoms with E-state index in [9.17, 15) is 9.59 Å². The minimum Gasteiger partial charge on any atom is -0.459 e. The van der Waals surface area contributed by atoms with Crippen LogP contribution < -0.4 is 5.56 Å². The Morgan fingerprint density at radius 1 is 1.35 bits per heavy atom. The van der Waals surface area contributed by atoms with E-state index in [1.165, 1.54) is 10.5 Å². The number of carbonyl (C=O) groups is 1. The van der Waals surface area contributed by atoms with Crippen molar-refractivity contribution in [2.75, 3.05) is 0 Å². The van der Waals surface area contributed by atoms with Crippen molar-refractivity contribution in [2.24, 2.45) is 0 Å². The first-order valence-corrected chi connectivity index (χ1v) is 8.40. The van der Waals surface area contributed by atoms with Crippen molar-refractivity contribution in [3.05, 3.63) is 57.7 Å². The molecule has 26 heavy (non-hydrogen) atoms. The Labute approximate surface area is 149 Å². The summed E-state index contributed by atoms with van der Waals surface area (Å²) < 4.78 is 11.8. The Morgan fingerprint density at radius 2 is 2.15 bits per heavy atom. The van der Waals surface area contributed by atoms with Crippen molar-refractivity contribution in [1.29, 1.82) is 0 Å². The summed E-state index contributed by atoms with van der Waals surface area (Å²) in [6.07, 6.45) is 2.08. The van der Waals surface area contributed by atoms with Crippen LogP contribution >= 0.6 is 0 Å². The molecule has 0 N–H and O–H groups in total. The van der Waals surface area contributed by atoms with Gasteiger partial charge in [0.25, 0.3) is 5.56 Å². The lowest BCUT2D eigenvalue weighted by atomic mass is 10.2. The lowest BCUT2D eigenvalue weighted by Gasteiger charge is -2.07. The maximum Gasteiger partial charge on any atom is 0.306 e. The standard InChI is InChI=1S/C18H20N4O4/c1-11(2)17-20-14(26-21-17)6-7-16(24)25-10-13-9-15(23)22-8-4-5-12(3)18(22)19-13/h4-5,8-9,11H,6-7,10H2,1-3H3. The first-order valence-electron chi connectivity index (χ1n) is 8.40. The second-order valence-electron chi connectivity index (χ2n) is 6.33. The van der Waals surface area contributed by atoms with Crippen molar-refractivity contribution >= 4 is 11.6 Å². The molecule has 136 valence electrons. The highest BCUT2D eigenvalue weighted by atomic mass is 16.5. The third-order valence-electron chi connectivity index (χ3n) is 3.86. The number of esters is 1. The maximum atomic E-state index is 12.1. The molecule has 3 heterocycles. The molecule has 0 bridgehead atoms. The highest BCUT2D eigenvalue weighted by molar-refractivity contribution is 5.69. The molecule has 0 unspecified atom stereocenters. The highest BCUT2D eigenvalue weighted by Crippen LogP contribution is 2.11. The number of fused-ring (bicyclic) bond motifs is 1. The minimum atomic E-state index is -0.416. The first kappa shape index (κ1) is 17.8. The van der Waals surface area contributed by atoms with Gasteiger partial charge in [-0.25, -0.2) is 4.98 Å². The molecule has 0 aliphatic rings. The molecule has 0 saturated heterocycles. The molecule has 0 aliphatic carbocycles. The zero-order valence-corrected chi connectivity index (χ0v) is 14.9. The van der Waals surface area contributed by atoms with Gasteiger partial charge < -0.3 is 9.26 Å². The normalized spacial score (nSPS) is 11.2. The third-order valence-corrected chi connectivity index (χ3v) is 3.86. The van der Waals surface area contributed by atoms with E-state index in [2.05, 4.69) is 15.1 Å². The molecule has 8 heteroatoms. The van der Waals surface area contributed by atoms with Crippen LogP contribution in [0.25, 0.3) is 5.65 Å². The van der Waals surface area contributed by atoms with Crippen LogP contribution in [0.5, 0.6) is 0 Å². The van der Waals surface area contributed by atoms with Crippen LogP contribution in [-0.2, 0) is 22.6 Å². The van der Waals surface area contributed by atoms with Gasteiger partial charge in [-0.2, -0.15) is 4.98 Å². The number of aromatic nitrogens is 4. The second kappa shape index (κ2) is 7.47. The SMILES string of the molecule is Cc1cccn2c(=O)cc(COC(=O)CCc3nc(C(C)C)no3)nc12. The van der Waals surface area contributed by atoms with Crippen LogP contribution in [0.15, 0.2) is 33.7 Å². The summed E-state index contributed by atoms with van der Waals surface area (Å²) in [6.45, 7) is 5.74. The van der Waals surface area contributed by atoms with Gasteiger partial charge in [0.2, 0.25) is 5.89 Å². The molecular weight excluding hydrogens is 336 g/mol. The van der Waals surface area contributed by atoms with Crippen LogP contribution in [0.3, 0.4) is 0 Å². The van der Waals surface area contributed by atoms with Crippen molar-refractivity contribution in [3.63, 3.8) is 0 Å². The summed E-state index contributed by atoms with van der Waals surface area (Å²) in [4.78, 5) is 32.6. The van der Waals surface area contributed by atoms with E-state index in [1.807, 2.05) is 26.8 Å². The predicted molar refractivity (Wildman–Crippen MR) is 92.7 cm³/mol. The molecule has 0 aliphatic heterocycles. The zero-order valence-electron chi connectivity index (χ0n) is 14.9. The Bertz CT molecular complexity index is 990. The highest BCUT2D eigenvalue weighted by Gasteiger charge is 2.13. The van der Waals surface area contributed by atoms with Crippen molar-refractivity contribution < 1.29 is 14.1 Å². The summed E-state index contributed by atoms with van der Waals surface area (Å²) in [6, 6.07) is 5.02. The molecule has 3 aromatic rings. The number of nitrogens with zero attached hydrogens (tertiary/aromatic N) is 4. The molecule has 0 amide bonds. The number of ether oxygens (including phenoxy) is 1. The fourth-order valence-electron chi connectivity index (χ4n) is 2.42. The molecule has 0 atom stereocenters. The Kier molecular flexibility index (Phi) is 5.11. The molecule has 0 fully saturated rings. The van der Waals surface area contributed by atoms with E-state index in [0.29, 0.717) is 29.5 Å². The number of carbonyl (C=O) groups excluding carboxylic acids is 1. The fourth-order valence-corrected chi connectivity index (χ4v) is 2.42. The van der Waals surface area contributed by atoms with E-state index in [4.69, 9.17) is 9.26 Å². The Balaban J connectivity index is 1.60. The molecular formula is C18H20N4O4. The minimum absolute atomic E-state index is 0.0556. The Hall–Kier alpha value is -3.03. The van der Waals surface area contributed by atoms with Crippen LogP contribution in [0.4, 0.5) is 0 Å². The maximum absolute atomic E-state index is 12.1. The van der Waals surface area contributed by atoms with E-state index in [1.54, 1.807) is 12.3 Å². The first-order chi connectivity index (χ1) is 12.4. The summed E-state index contributed by atoms with van der Waals surface area (Å²) in [5, 5.41) is 3.85. The molecule has 8 nitrogen and oxygen atoms in total. The number of pyridine rings is 1. The number of hydrogen-bond acceptors (Lipinski definition) is 7. The van der Waals surface area contributed by atoms with Crippen molar-refractivity contribution in [2.45, 2.75) is 46.1 Å². The topological polar surface area (TPSA) is 99.6 Å². The molecule has 3 rings (SSSR count). The van der Waals surface area contributed by atoms with Gasteiger partial charge in [-0.3, -0.25) is 14.0 Å². The van der Waals surface area contributed by atoms with Crippen LogP contribution in [0.2, 0.25) is 0 Å². The van der Waals surface area contributed by atoms with E-state index >= 15 is 0 Å². The lowest BCUT2D eigenvalue weighted by molar-refractivity contribution is -0.145. The molecule has 0 spiro atoms. The van der Waals surface area contributed by atoms with E-state index in [0.717, 1.165) is 5.56 Å². The average molecular weight is 356 g/mol. The van der Waals surface area contributed by atoms with Crippen molar-refractivity contribution in [1.82, 2.24) is 19.5 Å². The van der Waals surface area contributed by atoms with Gasteiger partial charge in [0.1, 0.15) is 12.3 Å². The smallest absolute Gasteiger partial charge is 0.306 e. The summed E-state index contributed by atoms with van der Waals surface area (Å²) in [5.41, 5.74) is 1.63. The quantitative estimate of drug-likeness (QED) is 0.624. The summed E-state index contributed by atoms with van der Waals surface area (Å²) >= 11 is 0. The molecule has 0 saturated carbocycles. The van der Waals surface area contributed by atoms with Gasteiger partial charge in [-0.15, -0.1) is 0 Å². The average Bonchev–Trinajstić information content (AvgIpc) is 3.08. The molecule has 0 aromatic carbocycles. The second-order valence-corrected chi connectivity index (χ2v) is 6.33. The van der Waals surface area contributed by atoms with E-state index in [-0.39, 0.29) is 24.5 Å². The van der Waals surface area contributed by atoms with Crippen LogP contribution in [-0.4, -0.2) is 25.5 Å².